The number of aromatic nitrogens is 1. The summed E-state index contributed by atoms with van der Waals surface area (Å²) in [6, 6.07) is 7.17. The van der Waals surface area contributed by atoms with E-state index in [2.05, 4.69) is 20.9 Å². The van der Waals surface area contributed by atoms with Gasteiger partial charge in [0, 0.05) is 5.41 Å². The van der Waals surface area contributed by atoms with E-state index in [0.29, 0.717) is 34.0 Å². The molecule has 2 aromatic heterocycles. The molecule has 0 radical (unpaired) electrons. The fourth-order valence-corrected chi connectivity index (χ4v) is 2.30. The Morgan fingerprint density at radius 2 is 2.00 bits per heavy atom. The van der Waals surface area contributed by atoms with Crippen molar-refractivity contribution < 1.29 is 13.9 Å². The molecule has 0 fully saturated rings. The van der Waals surface area contributed by atoms with Crippen LogP contribution in [0.25, 0.3) is 11.5 Å². The summed E-state index contributed by atoms with van der Waals surface area (Å²) in [6.45, 7) is 8.17. The molecule has 112 valence electrons. The van der Waals surface area contributed by atoms with Gasteiger partial charge in [-0.25, -0.2) is 9.78 Å². The van der Waals surface area contributed by atoms with E-state index in [1.54, 1.807) is 19.1 Å². The molecule has 0 unspecified atom stereocenters. The molecule has 0 saturated heterocycles. The monoisotopic (exact) mass is 351 g/mol. The summed E-state index contributed by atoms with van der Waals surface area (Å²) in [6.07, 6.45) is 0. The Kier molecular flexibility index (Phi) is 4.52. The lowest BCUT2D eigenvalue weighted by Crippen LogP contribution is -2.20. The zero-order valence-electron chi connectivity index (χ0n) is 12.6. The van der Waals surface area contributed by atoms with Crippen molar-refractivity contribution in [3.63, 3.8) is 0 Å². The molecule has 0 spiro atoms. The highest BCUT2D eigenvalue weighted by Gasteiger charge is 2.25. The molecule has 2 rings (SSSR count). The molecule has 0 N–H and O–H groups in total. The standard InChI is InChI=1S/C16H18BrNO3/c1-5-20-15(19)10-6-7-11(12-8-9-13(17)21-12)18-14(10)16(2,3)4/h6-9H,5H2,1-4H3. The molecule has 4 nitrogen and oxygen atoms in total. The molecule has 0 atom stereocenters. The van der Waals surface area contributed by atoms with Crippen molar-refractivity contribution in [3.8, 4) is 11.5 Å². The van der Waals surface area contributed by atoms with Crippen molar-refractivity contribution in [2.24, 2.45) is 0 Å². The van der Waals surface area contributed by atoms with Gasteiger partial charge in [0.1, 0.15) is 5.69 Å². The van der Waals surface area contributed by atoms with E-state index in [-0.39, 0.29) is 11.4 Å². The number of halogens is 1. The van der Waals surface area contributed by atoms with Crippen LogP contribution in [0.5, 0.6) is 0 Å². The van der Waals surface area contributed by atoms with Crippen molar-refractivity contribution >= 4 is 21.9 Å². The van der Waals surface area contributed by atoms with E-state index in [1.807, 2.05) is 32.9 Å². The second-order valence-electron chi connectivity index (χ2n) is 5.67. The van der Waals surface area contributed by atoms with Crippen molar-refractivity contribution in [1.29, 1.82) is 0 Å². The predicted molar refractivity (Wildman–Crippen MR) is 84.3 cm³/mol. The lowest BCUT2D eigenvalue weighted by molar-refractivity contribution is 0.0522. The van der Waals surface area contributed by atoms with Gasteiger partial charge in [0.2, 0.25) is 0 Å². The Hall–Kier alpha value is -1.62. The minimum atomic E-state index is -0.345. The van der Waals surface area contributed by atoms with Gasteiger partial charge in [-0.05, 0) is 47.1 Å². The van der Waals surface area contributed by atoms with Crippen LogP contribution in [0, 0.1) is 0 Å². The normalized spacial score (nSPS) is 11.5. The quantitative estimate of drug-likeness (QED) is 0.759. The van der Waals surface area contributed by atoms with Crippen molar-refractivity contribution in [2.75, 3.05) is 6.61 Å². The van der Waals surface area contributed by atoms with Gasteiger partial charge in [0.15, 0.2) is 10.4 Å². The highest BCUT2D eigenvalue weighted by atomic mass is 79.9. The maximum Gasteiger partial charge on any atom is 0.340 e. The van der Waals surface area contributed by atoms with Crippen LogP contribution in [0.4, 0.5) is 0 Å². The number of esters is 1. The molecule has 0 amide bonds. The molecule has 21 heavy (non-hydrogen) atoms. The number of carbonyl (C=O) groups excluding carboxylic acids is 1. The van der Waals surface area contributed by atoms with E-state index >= 15 is 0 Å². The zero-order valence-corrected chi connectivity index (χ0v) is 14.2. The van der Waals surface area contributed by atoms with Gasteiger partial charge in [-0.3, -0.25) is 0 Å². The average Bonchev–Trinajstić information content (AvgIpc) is 2.84. The number of nitrogens with zero attached hydrogens (tertiary/aromatic N) is 1. The largest absolute Gasteiger partial charge is 0.462 e. The molecule has 0 aliphatic carbocycles. The molecule has 0 saturated carbocycles. The molecule has 2 aromatic rings. The maximum absolute atomic E-state index is 12.1. The first kappa shape index (κ1) is 15.8. The highest BCUT2D eigenvalue weighted by Crippen LogP contribution is 2.29. The smallest absolute Gasteiger partial charge is 0.340 e. The van der Waals surface area contributed by atoms with E-state index in [1.165, 1.54) is 0 Å². The second kappa shape index (κ2) is 6.02. The summed E-state index contributed by atoms with van der Waals surface area (Å²) < 4.78 is 11.3. The molecule has 0 aliphatic heterocycles. The minimum absolute atomic E-state index is 0.276. The Morgan fingerprint density at radius 3 is 2.52 bits per heavy atom. The first-order valence-electron chi connectivity index (χ1n) is 6.77. The zero-order chi connectivity index (χ0) is 15.6. The van der Waals surface area contributed by atoms with Crippen LogP contribution in [-0.2, 0) is 10.2 Å². The van der Waals surface area contributed by atoms with E-state index < -0.39 is 0 Å². The first-order chi connectivity index (χ1) is 9.82. The van der Waals surface area contributed by atoms with Crippen LogP contribution >= 0.6 is 15.9 Å². The molecule has 0 aromatic carbocycles. The van der Waals surface area contributed by atoms with Gasteiger partial charge in [0.05, 0.1) is 17.9 Å². The Bertz CT molecular complexity index is 656. The van der Waals surface area contributed by atoms with Crippen molar-refractivity contribution in [2.45, 2.75) is 33.1 Å². The van der Waals surface area contributed by atoms with Gasteiger partial charge in [-0.15, -0.1) is 0 Å². The minimum Gasteiger partial charge on any atom is -0.462 e. The summed E-state index contributed by atoms with van der Waals surface area (Å²) in [4.78, 5) is 16.7. The van der Waals surface area contributed by atoms with Crippen LogP contribution < -0.4 is 0 Å². The van der Waals surface area contributed by atoms with Crippen LogP contribution in [0.2, 0.25) is 0 Å². The number of ether oxygens (including phenoxy) is 1. The fraction of sp³-hybridized carbons (Fsp3) is 0.375. The van der Waals surface area contributed by atoms with Gasteiger partial charge >= 0.3 is 5.97 Å². The number of carbonyl (C=O) groups is 1. The summed E-state index contributed by atoms with van der Waals surface area (Å²) in [7, 11) is 0. The van der Waals surface area contributed by atoms with Crippen LogP contribution in [0.15, 0.2) is 33.4 Å². The summed E-state index contributed by atoms with van der Waals surface area (Å²) in [5, 5.41) is 0. The highest BCUT2D eigenvalue weighted by molar-refractivity contribution is 9.10. The number of hydrogen-bond donors (Lipinski definition) is 0. The molecule has 0 bridgehead atoms. The number of pyridine rings is 1. The Balaban J connectivity index is 2.52. The van der Waals surface area contributed by atoms with Crippen molar-refractivity contribution in [3.05, 3.63) is 40.2 Å². The first-order valence-corrected chi connectivity index (χ1v) is 7.56. The van der Waals surface area contributed by atoms with Crippen LogP contribution in [0.3, 0.4) is 0 Å². The van der Waals surface area contributed by atoms with E-state index in [4.69, 9.17) is 9.15 Å². The summed E-state index contributed by atoms with van der Waals surface area (Å²) in [5.74, 6) is 0.310. The van der Waals surface area contributed by atoms with Gasteiger partial charge in [-0.1, -0.05) is 20.8 Å². The van der Waals surface area contributed by atoms with Gasteiger partial charge in [0.25, 0.3) is 0 Å². The summed E-state index contributed by atoms with van der Waals surface area (Å²) in [5.41, 5.74) is 1.62. The third-order valence-corrected chi connectivity index (χ3v) is 3.35. The van der Waals surface area contributed by atoms with Crippen LogP contribution in [-0.4, -0.2) is 17.6 Å². The number of rotatable bonds is 3. The lowest BCUT2D eigenvalue weighted by Gasteiger charge is -2.21. The molecule has 5 heteroatoms. The second-order valence-corrected chi connectivity index (χ2v) is 6.45. The predicted octanol–water partition coefficient (Wildman–Crippen LogP) is 4.58. The average molecular weight is 352 g/mol. The Morgan fingerprint density at radius 1 is 1.29 bits per heavy atom. The molecule has 2 heterocycles. The molecule has 0 aliphatic rings. The van der Waals surface area contributed by atoms with Gasteiger partial charge < -0.3 is 9.15 Å². The maximum atomic E-state index is 12.1. The van der Waals surface area contributed by atoms with Crippen molar-refractivity contribution in [1.82, 2.24) is 4.98 Å². The fourth-order valence-electron chi connectivity index (χ4n) is 1.99. The third-order valence-electron chi connectivity index (χ3n) is 2.93. The van der Waals surface area contributed by atoms with E-state index in [0.717, 1.165) is 0 Å². The number of hydrogen-bond acceptors (Lipinski definition) is 4. The van der Waals surface area contributed by atoms with Crippen LogP contribution in [0.1, 0.15) is 43.7 Å². The van der Waals surface area contributed by atoms with Gasteiger partial charge in [-0.2, -0.15) is 0 Å². The lowest BCUT2D eigenvalue weighted by atomic mass is 9.88. The third kappa shape index (κ3) is 3.53. The topological polar surface area (TPSA) is 52.3 Å². The summed E-state index contributed by atoms with van der Waals surface area (Å²) >= 11 is 3.28. The van der Waals surface area contributed by atoms with E-state index in [9.17, 15) is 4.79 Å². The number of furan rings is 1. The SMILES string of the molecule is CCOC(=O)c1ccc(-c2ccc(Br)o2)nc1C(C)(C)C. The molecular weight excluding hydrogens is 334 g/mol. The molecular formula is C16H18BrNO3. The Labute approximate surface area is 132 Å².